The maximum Gasteiger partial charge on any atom is 0.416 e. The van der Waals surface area contributed by atoms with Gasteiger partial charge < -0.3 is 4.98 Å². The minimum atomic E-state index is -4.38. The lowest BCUT2D eigenvalue weighted by atomic mass is 10.1. The second kappa shape index (κ2) is 4.63. The molecule has 2 heterocycles. The molecule has 0 aliphatic heterocycles. The summed E-state index contributed by atoms with van der Waals surface area (Å²) < 4.78 is 38.1. The summed E-state index contributed by atoms with van der Waals surface area (Å²) in [6.45, 7) is 0. The summed E-state index contributed by atoms with van der Waals surface area (Å²) in [5.41, 5.74) is 1.22. The lowest BCUT2D eigenvalue weighted by Crippen LogP contribution is -2.03. The van der Waals surface area contributed by atoms with Crippen molar-refractivity contribution in [1.29, 1.82) is 5.26 Å². The maximum absolute atomic E-state index is 12.7. The molecule has 3 aromatic rings. The molecular weight excluding hydrogens is 279 g/mol. The van der Waals surface area contributed by atoms with Crippen LogP contribution < -0.4 is 0 Å². The Hall–Kier alpha value is -2.81. The van der Waals surface area contributed by atoms with Crippen molar-refractivity contribution in [2.75, 3.05) is 0 Å². The summed E-state index contributed by atoms with van der Waals surface area (Å²) in [4.78, 5) is 6.78. The molecule has 21 heavy (non-hydrogen) atoms. The van der Waals surface area contributed by atoms with Gasteiger partial charge in [-0.05, 0) is 24.3 Å². The van der Waals surface area contributed by atoms with E-state index in [-0.39, 0.29) is 0 Å². The number of fused-ring (bicyclic) bond motifs is 1. The van der Waals surface area contributed by atoms with Crippen LogP contribution in [0.15, 0.2) is 42.7 Å². The molecule has 2 aromatic heterocycles. The van der Waals surface area contributed by atoms with Crippen molar-refractivity contribution < 1.29 is 13.2 Å². The highest BCUT2D eigenvalue weighted by atomic mass is 19.4. The fraction of sp³-hybridized carbons (Fsp3) is 0.0667. The number of nitriles is 1. The maximum atomic E-state index is 12.7. The second-order valence-corrected chi connectivity index (χ2v) is 4.52. The predicted octanol–water partition coefficient (Wildman–Crippen LogP) is 4.12. The zero-order chi connectivity index (χ0) is 15.0. The Morgan fingerprint density at radius 2 is 1.95 bits per heavy atom. The Bertz CT molecular complexity index is 856. The van der Waals surface area contributed by atoms with Crippen LogP contribution in [0.25, 0.3) is 22.2 Å². The van der Waals surface area contributed by atoms with Crippen LogP contribution in [0.2, 0.25) is 0 Å². The zero-order valence-corrected chi connectivity index (χ0v) is 10.6. The highest BCUT2D eigenvalue weighted by molar-refractivity contribution is 5.87. The quantitative estimate of drug-likeness (QED) is 0.732. The first-order valence-electron chi connectivity index (χ1n) is 6.03. The number of benzene rings is 1. The molecule has 3 rings (SSSR count). The van der Waals surface area contributed by atoms with Crippen LogP contribution in [-0.4, -0.2) is 9.97 Å². The van der Waals surface area contributed by atoms with Gasteiger partial charge in [-0.3, -0.25) is 4.98 Å². The van der Waals surface area contributed by atoms with Crippen LogP contribution in [-0.2, 0) is 6.18 Å². The molecule has 0 radical (unpaired) electrons. The summed E-state index contributed by atoms with van der Waals surface area (Å²) in [6.07, 6.45) is -1.43. The lowest BCUT2D eigenvalue weighted by Gasteiger charge is -2.05. The molecule has 0 amide bonds. The molecule has 0 unspecified atom stereocenters. The highest BCUT2D eigenvalue weighted by Gasteiger charge is 2.30. The van der Waals surface area contributed by atoms with Crippen molar-refractivity contribution in [3.63, 3.8) is 0 Å². The van der Waals surface area contributed by atoms with E-state index in [0.29, 0.717) is 27.7 Å². The molecule has 0 aliphatic rings. The molecule has 0 atom stereocenters. The number of nitrogens with one attached hydrogen (secondary N) is 1. The van der Waals surface area contributed by atoms with Crippen LogP contribution in [0.3, 0.4) is 0 Å². The Morgan fingerprint density at radius 3 is 2.67 bits per heavy atom. The van der Waals surface area contributed by atoms with Crippen molar-refractivity contribution >= 4 is 10.9 Å². The number of hydrogen-bond acceptors (Lipinski definition) is 2. The van der Waals surface area contributed by atoms with Crippen molar-refractivity contribution in [2.45, 2.75) is 6.18 Å². The van der Waals surface area contributed by atoms with E-state index in [1.807, 2.05) is 6.07 Å². The van der Waals surface area contributed by atoms with Gasteiger partial charge in [-0.15, -0.1) is 0 Å². The third-order valence-electron chi connectivity index (χ3n) is 3.18. The van der Waals surface area contributed by atoms with E-state index in [9.17, 15) is 13.2 Å². The van der Waals surface area contributed by atoms with Gasteiger partial charge in [-0.1, -0.05) is 6.07 Å². The van der Waals surface area contributed by atoms with Gasteiger partial charge in [-0.2, -0.15) is 18.4 Å². The summed E-state index contributed by atoms with van der Waals surface area (Å²) in [6, 6.07) is 8.88. The Morgan fingerprint density at radius 1 is 1.14 bits per heavy atom. The Kier molecular flexibility index (Phi) is 2.91. The van der Waals surface area contributed by atoms with E-state index in [0.717, 1.165) is 12.1 Å². The predicted molar refractivity (Wildman–Crippen MR) is 71.2 cm³/mol. The standard InChI is InChI=1S/C15H8F3N3/c16-15(17,18)11-2-1-9-5-14(21-13(9)6-11)12-3-4-20-8-10(12)7-19/h1-6,8,21H. The topological polar surface area (TPSA) is 52.5 Å². The Balaban J connectivity index is 2.16. The van der Waals surface area contributed by atoms with E-state index >= 15 is 0 Å². The minimum absolute atomic E-state index is 0.361. The normalized spacial score (nSPS) is 11.5. The van der Waals surface area contributed by atoms with Gasteiger partial charge in [-0.25, -0.2) is 0 Å². The number of nitrogens with zero attached hydrogens (tertiary/aromatic N) is 2. The van der Waals surface area contributed by atoms with Crippen LogP contribution >= 0.6 is 0 Å². The van der Waals surface area contributed by atoms with Crippen molar-refractivity contribution in [3.05, 3.63) is 53.9 Å². The van der Waals surface area contributed by atoms with E-state index in [1.165, 1.54) is 18.5 Å². The third-order valence-corrected chi connectivity index (χ3v) is 3.18. The lowest BCUT2D eigenvalue weighted by molar-refractivity contribution is -0.137. The number of rotatable bonds is 1. The number of halogens is 3. The first kappa shape index (κ1) is 13.2. The van der Waals surface area contributed by atoms with Gasteiger partial charge in [0.2, 0.25) is 0 Å². The minimum Gasteiger partial charge on any atom is -0.354 e. The van der Waals surface area contributed by atoms with Crippen molar-refractivity contribution in [2.24, 2.45) is 0 Å². The molecule has 1 aromatic carbocycles. The Labute approximate surface area is 117 Å². The average Bonchev–Trinajstić information content (AvgIpc) is 2.89. The largest absolute Gasteiger partial charge is 0.416 e. The number of hydrogen-bond donors (Lipinski definition) is 1. The number of aromatic amines is 1. The van der Waals surface area contributed by atoms with Crippen LogP contribution in [0.1, 0.15) is 11.1 Å². The van der Waals surface area contributed by atoms with E-state index in [1.54, 1.807) is 12.1 Å². The number of pyridine rings is 1. The van der Waals surface area contributed by atoms with Gasteiger partial charge in [0, 0.05) is 34.6 Å². The summed E-state index contributed by atoms with van der Waals surface area (Å²) in [5, 5.41) is 9.70. The molecule has 1 N–H and O–H groups in total. The summed E-state index contributed by atoms with van der Waals surface area (Å²) >= 11 is 0. The second-order valence-electron chi connectivity index (χ2n) is 4.52. The van der Waals surface area contributed by atoms with E-state index in [2.05, 4.69) is 9.97 Å². The first-order chi connectivity index (χ1) is 9.99. The molecule has 3 nitrogen and oxygen atoms in total. The summed E-state index contributed by atoms with van der Waals surface area (Å²) in [5.74, 6) is 0. The molecule has 0 saturated carbocycles. The molecule has 6 heteroatoms. The monoisotopic (exact) mass is 287 g/mol. The molecule has 0 bridgehead atoms. The van der Waals surface area contributed by atoms with E-state index < -0.39 is 11.7 Å². The molecule has 0 fully saturated rings. The smallest absolute Gasteiger partial charge is 0.354 e. The molecular formula is C15H8F3N3. The molecule has 0 spiro atoms. The van der Waals surface area contributed by atoms with Gasteiger partial charge in [0.1, 0.15) is 6.07 Å². The fourth-order valence-corrected chi connectivity index (χ4v) is 2.17. The zero-order valence-electron chi connectivity index (χ0n) is 10.6. The molecule has 104 valence electrons. The van der Waals surface area contributed by atoms with Crippen molar-refractivity contribution in [3.8, 4) is 17.3 Å². The van der Waals surface area contributed by atoms with Gasteiger partial charge in [0.25, 0.3) is 0 Å². The van der Waals surface area contributed by atoms with Crippen molar-refractivity contribution in [1.82, 2.24) is 9.97 Å². The molecule has 0 aliphatic carbocycles. The SMILES string of the molecule is N#Cc1cnccc1-c1cc2ccc(C(F)(F)F)cc2[nH]1. The number of aromatic nitrogens is 2. The first-order valence-corrected chi connectivity index (χ1v) is 6.03. The van der Waals surface area contributed by atoms with Gasteiger partial charge in [0.05, 0.1) is 11.1 Å². The van der Waals surface area contributed by atoms with Crippen LogP contribution in [0.4, 0.5) is 13.2 Å². The number of H-pyrrole nitrogens is 1. The average molecular weight is 287 g/mol. The summed E-state index contributed by atoms with van der Waals surface area (Å²) in [7, 11) is 0. The third kappa shape index (κ3) is 2.34. The van der Waals surface area contributed by atoms with E-state index in [4.69, 9.17) is 5.26 Å². The van der Waals surface area contributed by atoms with Crippen LogP contribution in [0.5, 0.6) is 0 Å². The fourth-order valence-electron chi connectivity index (χ4n) is 2.17. The molecule has 0 saturated heterocycles. The highest BCUT2D eigenvalue weighted by Crippen LogP contribution is 2.33. The van der Waals surface area contributed by atoms with Gasteiger partial charge in [0.15, 0.2) is 0 Å². The number of alkyl halides is 3. The van der Waals surface area contributed by atoms with Crippen LogP contribution in [0, 0.1) is 11.3 Å². The van der Waals surface area contributed by atoms with Gasteiger partial charge >= 0.3 is 6.18 Å².